The van der Waals surface area contributed by atoms with Crippen LogP contribution in [-0.4, -0.2) is 27.3 Å². The van der Waals surface area contributed by atoms with Gasteiger partial charge < -0.3 is 10.2 Å². The summed E-state index contributed by atoms with van der Waals surface area (Å²) < 4.78 is 0. The van der Waals surface area contributed by atoms with Crippen molar-refractivity contribution in [3.8, 4) is 16.2 Å². The predicted molar refractivity (Wildman–Crippen MR) is 140 cm³/mol. The second-order valence-corrected chi connectivity index (χ2v) is 9.91. The molecule has 164 valence electrons. The lowest BCUT2D eigenvalue weighted by Gasteiger charge is -2.07. The molecular weight excluding hydrogens is 458 g/mol. The molecule has 2 N–H and O–H groups in total. The van der Waals surface area contributed by atoms with Gasteiger partial charge in [-0.1, -0.05) is 48.6 Å². The molecule has 32 heavy (non-hydrogen) atoms. The summed E-state index contributed by atoms with van der Waals surface area (Å²) in [5.41, 5.74) is 6.86. The zero-order chi connectivity index (χ0) is 22.8. The van der Waals surface area contributed by atoms with Crippen LogP contribution in [0.3, 0.4) is 0 Å². The Bertz CT molecular complexity index is 1240. The number of aliphatic hydroxyl groups is 1. The maximum Gasteiger partial charge on any atom is 0.143 e. The van der Waals surface area contributed by atoms with E-state index in [2.05, 4.69) is 29.8 Å². The number of nitrogens with zero attached hydrogens (tertiary/aromatic N) is 1. The Hall–Kier alpha value is -2.47. The molecule has 3 aromatic rings. The van der Waals surface area contributed by atoms with Crippen molar-refractivity contribution in [1.82, 2.24) is 0 Å². The molecule has 0 bridgehead atoms. The second kappa shape index (κ2) is 9.57. The molecule has 0 fully saturated rings. The number of fused-ring (bicyclic) bond motifs is 1. The number of aliphatic hydroxyl groups excluding tert-OH is 1. The van der Waals surface area contributed by atoms with Crippen molar-refractivity contribution in [1.29, 1.82) is 0 Å². The summed E-state index contributed by atoms with van der Waals surface area (Å²) in [5, 5.41) is 22.8. The maximum atomic E-state index is 10.9. The highest BCUT2D eigenvalue weighted by Crippen LogP contribution is 2.40. The normalized spacial score (nSPS) is 13.2. The Kier molecular flexibility index (Phi) is 6.79. The number of aryl methyl sites for hydroxylation is 2. The predicted octanol–water partition coefficient (Wildman–Crippen LogP) is 7.21. The van der Waals surface area contributed by atoms with E-state index in [1.54, 1.807) is 12.1 Å². The summed E-state index contributed by atoms with van der Waals surface area (Å²) >= 11 is 13.3. The molecule has 0 spiro atoms. The van der Waals surface area contributed by atoms with Crippen LogP contribution < -0.4 is 0 Å². The molecule has 3 nitrogen and oxygen atoms in total. The standard InChI is InChI=1S/C26H24ClNO2S2/c1-15(28-13-21(31)10-17-6-9-22(16(2)29)24(27)11-17)23-14-32-26(25(23)30)20-8-7-18-4-3-5-19(18)12-20/h6-9,11-12,14,29-30H,2-5,10,13H2,1H3. The minimum Gasteiger partial charge on any atom is -0.508 e. The summed E-state index contributed by atoms with van der Waals surface area (Å²) in [5.74, 6) is 0.228. The largest absolute Gasteiger partial charge is 0.508 e. The van der Waals surface area contributed by atoms with E-state index in [1.165, 1.54) is 28.9 Å². The van der Waals surface area contributed by atoms with Crippen LogP contribution in [0.15, 0.2) is 53.3 Å². The first-order valence-electron chi connectivity index (χ1n) is 10.5. The summed E-state index contributed by atoms with van der Waals surface area (Å²) in [6, 6.07) is 11.9. The van der Waals surface area contributed by atoms with Crippen molar-refractivity contribution in [3.05, 3.63) is 81.2 Å². The summed E-state index contributed by atoms with van der Waals surface area (Å²) in [6.07, 6.45) is 4.03. The fraction of sp³-hybridized carbons (Fsp3) is 0.231. The minimum absolute atomic E-state index is 0.0563. The van der Waals surface area contributed by atoms with Gasteiger partial charge in [0.1, 0.15) is 11.5 Å². The van der Waals surface area contributed by atoms with Crippen LogP contribution in [0, 0.1) is 0 Å². The number of aromatic hydroxyl groups is 1. The zero-order valence-electron chi connectivity index (χ0n) is 17.8. The molecule has 0 saturated heterocycles. The average molecular weight is 482 g/mol. The topological polar surface area (TPSA) is 52.8 Å². The molecule has 1 heterocycles. The number of thiocarbonyl (C=S) groups is 1. The molecule has 1 aliphatic carbocycles. The highest BCUT2D eigenvalue weighted by molar-refractivity contribution is 7.80. The van der Waals surface area contributed by atoms with E-state index in [0.717, 1.165) is 45.0 Å². The highest BCUT2D eigenvalue weighted by atomic mass is 35.5. The van der Waals surface area contributed by atoms with Crippen LogP contribution >= 0.6 is 35.2 Å². The molecule has 0 amide bonds. The van der Waals surface area contributed by atoms with Gasteiger partial charge in [0.25, 0.3) is 0 Å². The van der Waals surface area contributed by atoms with Crippen molar-refractivity contribution in [2.24, 2.45) is 4.99 Å². The van der Waals surface area contributed by atoms with Crippen LogP contribution in [-0.2, 0) is 19.3 Å². The van der Waals surface area contributed by atoms with Crippen LogP contribution in [0.5, 0.6) is 5.75 Å². The van der Waals surface area contributed by atoms with Gasteiger partial charge in [0.05, 0.1) is 16.4 Å². The molecule has 6 heteroatoms. The highest BCUT2D eigenvalue weighted by Gasteiger charge is 2.17. The van der Waals surface area contributed by atoms with E-state index in [-0.39, 0.29) is 11.5 Å². The molecule has 0 radical (unpaired) electrons. The Labute approximate surface area is 202 Å². The molecular formula is C26H24ClNO2S2. The van der Waals surface area contributed by atoms with Gasteiger partial charge in [-0.2, -0.15) is 0 Å². The van der Waals surface area contributed by atoms with Gasteiger partial charge in [0.15, 0.2) is 0 Å². The number of hydrogen-bond acceptors (Lipinski definition) is 5. The van der Waals surface area contributed by atoms with E-state index in [0.29, 0.717) is 23.6 Å². The zero-order valence-corrected chi connectivity index (χ0v) is 20.2. The summed E-state index contributed by atoms with van der Waals surface area (Å²) in [4.78, 5) is 6.27. The molecule has 0 aliphatic heterocycles. The molecule has 1 aliphatic rings. The number of rotatable bonds is 7. The average Bonchev–Trinajstić information content (AvgIpc) is 3.37. The van der Waals surface area contributed by atoms with Crippen molar-refractivity contribution in [2.45, 2.75) is 32.6 Å². The van der Waals surface area contributed by atoms with Crippen molar-refractivity contribution >= 4 is 51.5 Å². The second-order valence-electron chi connectivity index (χ2n) is 8.04. The lowest BCUT2D eigenvalue weighted by Crippen LogP contribution is -2.06. The third-order valence-electron chi connectivity index (χ3n) is 5.75. The lowest BCUT2D eigenvalue weighted by atomic mass is 10.0. The summed E-state index contributed by atoms with van der Waals surface area (Å²) in [6.45, 7) is 5.79. The molecule has 2 aromatic carbocycles. The maximum absolute atomic E-state index is 10.9. The quantitative estimate of drug-likeness (QED) is 0.213. The molecule has 4 rings (SSSR count). The fourth-order valence-corrected chi connectivity index (χ4v) is 5.55. The Balaban J connectivity index is 1.45. The van der Waals surface area contributed by atoms with Gasteiger partial charge in [0, 0.05) is 33.5 Å². The molecule has 1 aromatic heterocycles. The monoisotopic (exact) mass is 481 g/mol. The number of hydrogen-bond donors (Lipinski definition) is 2. The molecule has 0 unspecified atom stereocenters. The first kappa shape index (κ1) is 22.7. The number of benzene rings is 2. The van der Waals surface area contributed by atoms with E-state index in [4.69, 9.17) is 23.8 Å². The lowest BCUT2D eigenvalue weighted by molar-refractivity contribution is 0.478. The van der Waals surface area contributed by atoms with Crippen LogP contribution in [0.4, 0.5) is 0 Å². The van der Waals surface area contributed by atoms with Gasteiger partial charge in [-0.25, -0.2) is 0 Å². The third-order valence-corrected chi connectivity index (χ3v) is 7.36. The van der Waals surface area contributed by atoms with Crippen molar-refractivity contribution < 1.29 is 10.2 Å². The fourth-order valence-electron chi connectivity index (χ4n) is 4.00. The van der Waals surface area contributed by atoms with Crippen molar-refractivity contribution in [3.63, 3.8) is 0 Å². The van der Waals surface area contributed by atoms with E-state index in [9.17, 15) is 10.2 Å². The van der Waals surface area contributed by atoms with Gasteiger partial charge >= 0.3 is 0 Å². The third kappa shape index (κ3) is 4.80. The van der Waals surface area contributed by atoms with Gasteiger partial charge in [-0.3, -0.25) is 4.99 Å². The SMILES string of the molecule is C=C(O)c1ccc(CC(=S)CN=C(C)c2csc(-c3ccc4c(c3)CCC4)c2O)cc1Cl. The number of thiophene rings is 1. The Morgan fingerprint density at radius 1 is 1.16 bits per heavy atom. The van der Waals surface area contributed by atoms with Crippen LogP contribution in [0.25, 0.3) is 16.2 Å². The number of halogens is 1. The van der Waals surface area contributed by atoms with Gasteiger partial charge in [0.2, 0.25) is 0 Å². The van der Waals surface area contributed by atoms with E-state index < -0.39 is 0 Å². The number of aliphatic imine (C=N–C) groups is 1. The van der Waals surface area contributed by atoms with Crippen molar-refractivity contribution in [2.75, 3.05) is 6.54 Å². The Morgan fingerprint density at radius 2 is 1.94 bits per heavy atom. The molecule has 0 saturated carbocycles. The van der Waals surface area contributed by atoms with E-state index in [1.807, 2.05) is 18.4 Å². The smallest absolute Gasteiger partial charge is 0.143 e. The first-order valence-corrected chi connectivity index (χ1v) is 12.1. The Morgan fingerprint density at radius 3 is 2.69 bits per heavy atom. The first-order chi connectivity index (χ1) is 15.3. The minimum atomic E-state index is -0.0563. The van der Waals surface area contributed by atoms with Gasteiger partial charge in [-0.15, -0.1) is 11.3 Å². The van der Waals surface area contributed by atoms with Crippen LogP contribution in [0.2, 0.25) is 5.02 Å². The van der Waals surface area contributed by atoms with E-state index >= 15 is 0 Å². The molecule has 0 atom stereocenters. The summed E-state index contributed by atoms with van der Waals surface area (Å²) in [7, 11) is 0. The van der Waals surface area contributed by atoms with Gasteiger partial charge in [-0.05, 0) is 66.6 Å². The van der Waals surface area contributed by atoms with Crippen LogP contribution in [0.1, 0.15) is 41.2 Å².